The Kier molecular flexibility index (Phi) is 10.3. The molecule has 8 heteroatoms. The zero-order valence-corrected chi connectivity index (χ0v) is 19.7. The quantitative estimate of drug-likeness (QED) is 0.509. The third-order valence-electron chi connectivity index (χ3n) is 4.38. The van der Waals surface area contributed by atoms with Crippen molar-refractivity contribution in [2.75, 3.05) is 13.3 Å². The van der Waals surface area contributed by atoms with Crippen LogP contribution in [0.1, 0.15) is 46.1 Å². The molecule has 0 radical (unpaired) electrons. The molecule has 1 rings (SSSR count). The van der Waals surface area contributed by atoms with E-state index in [0.717, 1.165) is 5.56 Å². The van der Waals surface area contributed by atoms with Gasteiger partial charge in [-0.3, -0.25) is 9.59 Å². The SMILES string of the molecule is CC(C)CC(NC(=O)OCc1ccccc1)C(=O)N[C@H](CC(C)C)C(=O)P(C)(C)=O. The molecule has 0 saturated heterocycles. The van der Waals surface area contributed by atoms with Crippen LogP contribution in [0.15, 0.2) is 30.3 Å². The molecule has 0 heterocycles. The summed E-state index contributed by atoms with van der Waals surface area (Å²) in [6, 6.07) is 7.52. The van der Waals surface area contributed by atoms with Gasteiger partial charge in [-0.05, 0) is 43.6 Å². The van der Waals surface area contributed by atoms with Crippen molar-refractivity contribution in [2.24, 2.45) is 11.8 Å². The van der Waals surface area contributed by atoms with Crippen LogP contribution >= 0.6 is 7.14 Å². The number of ether oxygens (including phenoxy) is 1. The average Bonchev–Trinajstić information content (AvgIpc) is 2.64. The van der Waals surface area contributed by atoms with Gasteiger partial charge in [0.15, 0.2) is 0 Å². The van der Waals surface area contributed by atoms with E-state index >= 15 is 0 Å². The van der Waals surface area contributed by atoms with E-state index in [-0.39, 0.29) is 18.4 Å². The molecular formula is C22H35N2O5P. The van der Waals surface area contributed by atoms with E-state index in [1.54, 1.807) is 0 Å². The second-order valence-corrected chi connectivity index (χ2v) is 11.9. The molecule has 1 unspecified atom stereocenters. The van der Waals surface area contributed by atoms with E-state index in [1.807, 2.05) is 58.0 Å². The molecule has 1 aromatic rings. The molecule has 0 spiro atoms. The molecule has 0 bridgehead atoms. The fourth-order valence-corrected chi connectivity index (χ4v) is 3.87. The summed E-state index contributed by atoms with van der Waals surface area (Å²) in [6.45, 7) is 10.6. The summed E-state index contributed by atoms with van der Waals surface area (Å²) in [7, 11) is -3.02. The van der Waals surface area contributed by atoms with E-state index in [2.05, 4.69) is 10.6 Å². The first-order valence-electron chi connectivity index (χ1n) is 10.3. The summed E-state index contributed by atoms with van der Waals surface area (Å²) in [6.07, 6.45) is 0.0523. The fraction of sp³-hybridized carbons (Fsp3) is 0.591. The van der Waals surface area contributed by atoms with E-state index < -0.39 is 36.8 Å². The fourth-order valence-electron chi connectivity index (χ4n) is 2.95. The van der Waals surface area contributed by atoms with Gasteiger partial charge in [-0.25, -0.2) is 4.79 Å². The molecule has 2 atom stereocenters. The van der Waals surface area contributed by atoms with Crippen molar-refractivity contribution < 1.29 is 23.7 Å². The van der Waals surface area contributed by atoms with Gasteiger partial charge in [-0.15, -0.1) is 0 Å². The highest BCUT2D eigenvalue weighted by Gasteiger charge is 2.33. The van der Waals surface area contributed by atoms with Crippen molar-refractivity contribution >= 4 is 24.7 Å². The molecule has 30 heavy (non-hydrogen) atoms. The van der Waals surface area contributed by atoms with E-state index in [4.69, 9.17) is 4.74 Å². The van der Waals surface area contributed by atoms with E-state index in [0.29, 0.717) is 12.8 Å². The van der Waals surface area contributed by atoms with Crippen LogP contribution in [0.5, 0.6) is 0 Å². The molecule has 168 valence electrons. The number of rotatable bonds is 11. The Morgan fingerprint density at radius 3 is 1.93 bits per heavy atom. The minimum Gasteiger partial charge on any atom is -0.445 e. The molecule has 1 aromatic carbocycles. The van der Waals surface area contributed by atoms with Gasteiger partial charge < -0.3 is 19.9 Å². The largest absolute Gasteiger partial charge is 0.445 e. The summed E-state index contributed by atoms with van der Waals surface area (Å²) in [5, 5.41) is 5.31. The van der Waals surface area contributed by atoms with Crippen molar-refractivity contribution in [3.8, 4) is 0 Å². The highest BCUT2D eigenvalue weighted by molar-refractivity contribution is 7.79. The van der Waals surface area contributed by atoms with Gasteiger partial charge in [0.05, 0.1) is 6.04 Å². The Bertz CT molecular complexity index is 758. The van der Waals surface area contributed by atoms with Gasteiger partial charge in [0, 0.05) is 0 Å². The van der Waals surface area contributed by atoms with Crippen molar-refractivity contribution in [3.63, 3.8) is 0 Å². The summed E-state index contributed by atoms with van der Waals surface area (Å²) in [5.74, 6) is -0.233. The van der Waals surface area contributed by atoms with Crippen LogP contribution in [-0.2, 0) is 25.5 Å². The van der Waals surface area contributed by atoms with Crippen LogP contribution in [0.25, 0.3) is 0 Å². The lowest BCUT2D eigenvalue weighted by molar-refractivity contribution is -0.127. The first-order valence-corrected chi connectivity index (χ1v) is 12.9. The Labute approximate surface area is 179 Å². The highest BCUT2D eigenvalue weighted by Crippen LogP contribution is 2.39. The van der Waals surface area contributed by atoms with Crippen LogP contribution < -0.4 is 10.6 Å². The minimum atomic E-state index is -3.02. The number of carbonyl (C=O) groups is 3. The monoisotopic (exact) mass is 438 g/mol. The maximum atomic E-state index is 12.9. The molecule has 2 N–H and O–H groups in total. The third-order valence-corrected chi connectivity index (χ3v) is 5.75. The molecule has 7 nitrogen and oxygen atoms in total. The van der Waals surface area contributed by atoms with Crippen molar-refractivity contribution in [3.05, 3.63) is 35.9 Å². The van der Waals surface area contributed by atoms with Gasteiger partial charge in [-0.1, -0.05) is 58.0 Å². The van der Waals surface area contributed by atoms with Crippen molar-refractivity contribution in [1.82, 2.24) is 10.6 Å². The van der Waals surface area contributed by atoms with Crippen LogP contribution in [0, 0.1) is 11.8 Å². The number of amides is 2. The molecule has 0 aromatic heterocycles. The summed E-state index contributed by atoms with van der Waals surface area (Å²) in [5.41, 5.74) is 0.376. The van der Waals surface area contributed by atoms with Gasteiger partial charge in [0.2, 0.25) is 11.4 Å². The number of alkyl carbamates (subject to hydrolysis) is 1. The second kappa shape index (κ2) is 11.9. The first kappa shape index (κ1) is 25.9. The maximum absolute atomic E-state index is 12.9. The second-order valence-electron chi connectivity index (χ2n) is 8.77. The van der Waals surface area contributed by atoms with Crippen molar-refractivity contribution in [2.45, 2.75) is 59.2 Å². The highest BCUT2D eigenvalue weighted by atomic mass is 31.2. The standard InChI is InChI=1S/C22H35N2O5P/c1-15(2)12-18(24-22(27)29-14-17-10-8-7-9-11-17)20(25)23-19(13-16(3)4)21(26)30(5,6)28/h7-11,15-16,18-19H,12-14H2,1-6H3,(H,23,25)(H,24,27)/t18?,19-/m1/s1. The summed E-state index contributed by atoms with van der Waals surface area (Å²) >= 11 is 0. The van der Waals surface area contributed by atoms with E-state index in [9.17, 15) is 18.9 Å². The molecule has 0 aliphatic heterocycles. The van der Waals surface area contributed by atoms with Crippen LogP contribution in [0.4, 0.5) is 4.79 Å². The number of hydrogen-bond acceptors (Lipinski definition) is 5. The van der Waals surface area contributed by atoms with Crippen molar-refractivity contribution in [1.29, 1.82) is 0 Å². The predicted molar refractivity (Wildman–Crippen MR) is 119 cm³/mol. The molecule has 0 aliphatic carbocycles. The predicted octanol–water partition coefficient (Wildman–Crippen LogP) is 4.01. The molecule has 0 aliphatic rings. The Morgan fingerprint density at radius 1 is 0.900 bits per heavy atom. The van der Waals surface area contributed by atoms with Gasteiger partial charge in [0.25, 0.3) is 0 Å². The molecular weight excluding hydrogens is 403 g/mol. The number of hydrogen-bond donors (Lipinski definition) is 2. The Morgan fingerprint density at radius 2 is 1.43 bits per heavy atom. The minimum absolute atomic E-state index is 0.0893. The van der Waals surface area contributed by atoms with Gasteiger partial charge in [-0.2, -0.15) is 0 Å². The normalized spacial score (nSPS) is 13.6. The van der Waals surface area contributed by atoms with Crippen LogP contribution in [-0.4, -0.2) is 42.9 Å². The Hall–Kier alpha value is -2.14. The summed E-state index contributed by atoms with van der Waals surface area (Å²) < 4.78 is 17.5. The van der Waals surface area contributed by atoms with Gasteiger partial charge in [0.1, 0.15) is 19.8 Å². The zero-order chi connectivity index (χ0) is 22.9. The average molecular weight is 439 g/mol. The lowest BCUT2D eigenvalue weighted by atomic mass is 10.0. The first-order chi connectivity index (χ1) is 13.9. The van der Waals surface area contributed by atoms with Gasteiger partial charge >= 0.3 is 6.09 Å². The number of carbonyl (C=O) groups excluding carboxylic acids is 3. The lowest BCUT2D eigenvalue weighted by Crippen LogP contribution is -2.52. The summed E-state index contributed by atoms with van der Waals surface area (Å²) in [4.78, 5) is 37.7. The Balaban J connectivity index is 2.83. The van der Waals surface area contributed by atoms with Crippen LogP contribution in [0.2, 0.25) is 0 Å². The number of benzene rings is 1. The third kappa shape index (κ3) is 9.57. The van der Waals surface area contributed by atoms with Crippen LogP contribution in [0.3, 0.4) is 0 Å². The smallest absolute Gasteiger partial charge is 0.408 e. The topological polar surface area (TPSA) is 102 Å². The molecule has 2 amide bonds. The number of nitrogens with one attached hydrogen (secondary N) is 2. The lowest BCUT2D eigenvalue weighted by Gasteiger charge is -2.25. The molecule has 0 fully saturated rings. The van der Waals surface area contributed by atoms with E-state index in [1.165, 1.54) is 13.3 Å². The zero-order valence-electron chi connectivity index (χ0n) is 18.8. The molecule has 0 saturated carbocycles. The maximum Gasteiger partial charge on any atom is 0.408 e.